The molecule has 1 atom stereocenters. The minimum absolute atomic E-state index is 0.105. The molecule has 0 radical (unpaired) electrons. The number of nitrogens with one attached hydrogen (secondary N) is 2. The first-order valence-electron chi connectivity index (χ1n) is 8.97. The molecule has 0 fully saturated rings. The van der Waals surface area contributed by atoms with Crippen LogP contribution in [-0.2, 0) is 4.79 Å². The molecule has 1 heterocycles. The van der Waals surface area contributed by atoms with Gasteiger partial charge in [-0.15, -0.1) is 13.2 Å². The van der Waals surface area contributed by atoms with Crippen LogP contribution in [0.15, 0.2) is 29.1 Å². The lowest BCUT2D eigenvalue weighted by atomic mass is 10.0. The fourth-order valence-corrected chi connectivity index (χ4v) is 2.65. The van der Waals surface area contributed by atoms with Crippen LogP contribution in [0.4, 0.5) is 30.6 Å². The van der Waals surface area contributed by atoms with Crippen molar-refractivity contribution >= 4 is 29.6 Å². The zero-order valence-corrected chi connectivity index (χ0v) is 16.6. The zero-order chi connectivity index (χ0) is 23.3. The quantitative estimate of drug-likeness (QED) is 0.260. The molecule has 1 aromatic heterocycles. The van der Waals surface area contributed by atoms with Crippen LogP contribution in [0.25, 0.3) is 0 Å². The number of nitrogens with two attached hydrogens (primary N) is 2. The second-order valence-electron chi connectivity index (χ2n) is 6.91. The van der Waals surface area contributed by atoms with E-state index in [1.165, 1.54) is 12.1 Å². The summed E-state index contributed by atoms with van der Waals surface area (Å²) < 4.78 is 40.6. The SMILES string of the molecule is CC(C)C[C@H](C=O)N(N)c1nc(Nc2ccc(OC(F)(F)F)cc2)c(C(N)=O)c(=O)[nH]1. The van der Waals surface area contributed by atoms with Crippen molar-refractivity contribution in [3.8, 4) is 5.75 Å². The predicted octanol–water partition coefficient (Wildman–Crippen LogP) is 1.80. The second-order valence-corrected chi connectivity index (χ2v) is 6.91. The highest BCUT2D eigenvalue weighted by Gasteiger charge is 2.31. The molecule has 0 unspecified atom stereocenters. The number of ether oxygens (including phenoxy) is 1. The molecule has 6 N–H and O–H groups in total. The lowest BCUT2D eigenvalue weighted by Crippen LogP contribution is -2.45. The van der Waals surface area contributed by atoms with Crippen molar-refractivity contribution in [2.45, 2.75) is 32.7 Å². The van der Waals surface area contributed by atoms with Crippen molar-refractivity contribution in [3.63, 3.8) is 0 Å². The van der Waals surface area contributed by atoms with Crippen LogP contribution < -0.4 is 32.2 Å². The first kappa shape index (κ1) is 23.7. The third-order valence-corrected chi connectivity index (χ3v) is 3.98. The molecule has 2 rings (SSSR count). The van der Waals surface area contributed by atoms with E-state index in [-0.39, 0.29) is 23.4 Å². The van der Waals surface area contributed by atoms with Gasteiger partial charge in [-0.05, 0) is 36.6 Å². The zero-order valence-electron chi connectivity index (χ0n) is 16.6. The van der Waals surface area contributed by atoms with Gasteiger partial charge < -0.3 is 20.6 Å². The molecule has 0 aliphatic rings. The number of primary amides is 1. The topological polar surface area (TPSA) is 156 Å². The maximum Gasteiger partial charge on any atom is 0.573 e. The molecule has 0 saturated carbocycles. The fraction of sp³-hybridized carbons (Fsp3) is 0.333. The number of rotatable bonds is 9. The van der Waals surface area contributed by atoms with Gasteiger partial charge in [-0.3, -0.25) is 19.6 Å². The van der Waals surface area contributed by atoms with E-state index in [4.69, 9.17) is 11.6 Å². The Balaban J connectivity index is 2.40. The van der Waals surface area contributed by atoms with E-state index >= 15 is 0 Å². The number of anilines is 3. The van der Waals surface area contributed by atoms with E-state index < -0.39 is 35.2 Å². The van der Waals surface area contributed by atoms with Gasteiger partial charge >= 0.3 is 6.36 Å². The van der Waals surface area contributed by atoms with Gasteiger partial charge in [0.25, 0.3) is 11.5 Å². The highest BCUT2D eigenvalue weighted by Crippen LogP contribution is 2.26. The van der Waals surface area contributed by atoms with Crippen LogP contribution in [0, 0.1) is 5.92 Å². The number of hydrazine groups is 1. The van der Waals surface area contributed by atoms with Crippen molar-refractivity contribution in [2.24, 2.45) is 17.5 Å². The Hall–Kier alpha value is -3.61. The van der Waals surface area contributed by atoms with Crippen molar-refractivity contribution in [1.82, 2.24) is 9.97 Å². The number of carbonyl (C=O) groups is 2. The van der Waals surface area contributed by atoms with Crippen LogP contribution in [0.1, 0.15) is 30.6 Å². The second kappa shape index (κ2) is 9.47. The summed E-state index contributed by atoms with van der Waals surface area (Å²) in [6.07, 6.45) is -3.90. The van der Waals surface area contributed by atoms with Crippen LogP contribution in [0.2, 0.25) is 0 Å². The van der Waals surface area contributed by atoms with Crippen LogP contribution in [0.5, 0.6) is 5.75 Å². The fourth-order valence-electron chi connectivity index (χ4n) is 2.65. The van der Waals surface area contributed by atoms with Crippen LogP contribution in [-0.4, -0.2) is 34.6 Å². The molecule has 10 nitrogen and oxygen atoms in total. The van der Waals surface area contributed by atoms with Gasteiger partial charge in [-0.2, -0.15) is 4.98 Å². The van der Waals surface area contributed by atoms with E-state index in [2.05, 4.69) is 20.0 Å². The number of amides is 1. The van der Waals surface area contributed by atoms with Gasteiger partial charge in [0.2, 0.25) is 5.95 Å². The number of halogens is 3. The highest BCUT2D eigenvalue weighted by atomic mass is 19.4. The summed E-state index contributed by atoms with van der Waals surface area (Å²) in [5, 5.41) is 3.59. The number of aldehydes is 1. The maximum absolute atomic E-state index is 12.4. The summed E-state index contributed by atoms with van der Waals surface area (Å²) in [5.74, 6) is 3.97. The summed E-state index contributed by atoms with van der Waals surface area (Å²) in [4.78, 5) is 41.9. The summed E-state index contributed by atoms with van der Waals surface area (Å²) in [7, 11) is 0. The monoisotopic (exact) mass is 442 g/mol. The molecule has 168 valence electrons. The number of hydrogen-bond donors (Lipinski definition) is 4. The Labute approximate surface area is 174 Å². The predicted molar refractivity (Wildman–Crippen MR) is 106 cm³/mol. The lowest BCUT2D eigenvalue weighted by Gasteiger charge is -2.25. The van der Waals surface area contributed by atoms with E-state index in [0.717, 1.165) is 17.1 Å². The number of alkyl halides is 3. The van der Waals surface area contributed by atoms with E-state index in [9.17, 15) is 27.6 Å². The van der Waals surface area contributed by atoms with E-state index in [1.807, 2.05) is 13.8 Å². The number of nitrogens with zero attached hydrogens (tertiary/aromatic N) is 2. The molecule has 0 saturated heterocycles. The third-order valence-electron chi connectivity index (χ3n) is 3.98. The number of aromatic nitrogens is 2. The molecule has 0 spiro atoms. The van der Waals surface area contributed by atoms with Gasteiger partial charge in [-0.25, -0.2) is 5.84 Å². The van der Waals surface area contributed by atoms with Gasteiger partial charge in [-0.1, -0.05) is 13.8 Å². The van der Waals surface area contributed by atoms with Gasteiger partial charge in [0.1, 0.15) is 23.6 Å². The lowest BCUT2D eigenvalue weighted by molar-refractivity contribution is -0.274. The van der Waals surface area contributed by atoms with Crippen molar-refractivity contribution < 1.29 is 27.5 Å². The molecule has 1 amide bonds. The number of carbonyl (C=O) groups excluding carboxylic acids is 2. The molecular weight excluding hydrogens is 421 g/mol. The summed E-state index contributed by atoms with van der Waals surface area (Å²) >= 11 is 0. The minimum Gasteiger partial charge on any atom is -0.406 e. The first-order valence-corrected chi connectivity index (χ1v) is 8.97. The van der Waals surface area contributed by atoms with Crippen LogP contribution >= 0.6 is 0 Å². The average molecular weight is 442 g/mol. The smallest absolute Gasteiger partial charge is 0.406 e. The Morgan fingerprint density at radius 2 is 1.94 bits per heavy atom. The summed E-state index contributed by atoms with van der Waals surface area (Å²) in [5.41, 5.74) is 3.99. The maximum atomic E-state index is 12.4. The molecule has 2 aromatic rings. The van der Waals surface area contributed by atoms with Gasteiger partial charge in [0.15, 0.2) is 5.82 Å². The average Bonchev–Trinajstić information content (AvgIpc) is 2.65. The number of benzene rings is 1. The van der Waals surface area contributed by atoms with Crippen molar-refractivity contribution in [2.75, 3.05) is 10.3 Å². The number of aromatic amines is 1. The Bertz CT molecular complexity index is 991. The van der Waals surface area contributed by atoms with Gasteiger partial charge in [0, 0.05) is 5.69 Å². The Morgan fingerprint density at radius 1 is 1.32 bits per heavy atom. The molecule has 0 aliphatic carbocycles. The summed E-state index contributed by atoms with van der Waals surface area (Å²) in [6, 6.07) is 3.65. The molecule has 0 aliphatic heterocycles. The largest absolute Gasteiger partial charge is 0.573 e. The molecule has 0 bridgehead atoms. The Morgan fingerprint density at radius 3 is 2.42 bits per heavy atom. The third kappa shape index (κ3) is 6.44. The van der Waals surface area contributed by atoms with Crippen LogP contribution in [0.3, 0.4) is 0 Å². The standard InChI is InChI=1S/C18H21F3N6O4/c1-9(2)7-11(8-28)27(23)17-25-15(13(14(22)29)16(30)26-17)24-10-3-5-12(6-4-10)31-18(19,20)21/h3-6,8-9,11H,7,23H2,1-2H3,(H2,22,29)(H2,24,25,26,30)/t11-/m1/s1. The normalized spacial score (nSPS) is 12.4. The van der Waals surface area contributed by atoms with Crippen molar-refractivity contribution in [1.29, 1.82) is 0 Å². The first-order chi connectivity index (χ1) is 14.4. The summed E-state index contributed by atoms with van der Waals surface area (Å²) in [6.45, 7) is 3.74. The molecule has 31 heavy (non-hydrogen) atoms. The number of hydrogen-bond acceptors (Lipinski definition) is 8. The molecular formula is C18H21F3N6O4. The van der Waals surface area contributed by atoms with Crippen molar-refractivity contribution in [3.05, 3.63) is 40.2 Å². The van der Waals surface area contributed by atoms with Gasteiger partial charge in [0.05, 0.1) is 0 Å². The van der Waals surface area contributed by atoms with E-state index in [0.29, 0.717) is 12.7 Å². The van der Waals surface area contributed by atoms with E-state index in [1.54, 1.807) is 0 Å². The Kier molecular flexibility index (Phi) is 7.23. The molecule has 1 aromatic carbocycles. The number of H-pyrrole nitrogens is 1. The highest BCUT2D eigenvalue weighted by molar-refractivity contribution is 5.98. The minimum atomic E-state index is -4.85. The molecule has 13 heteroatoms.